The Hall–Kier alpha value is -1.55. The van der Waals surface area contributed by atoms with Gasteiger partial charge < -0.3 is 16.0 Å². The van der Waals surface area contributed by atoms with E-state index in [9.17, 15) is 0 Å². The lowest BCUT2D eigenvalue weighted by atomic mass is 9.99. The van der Waals surface area contributed by atoms with Crippen LogP contribution in [0.5, 0.6) is 0 Å². The molecular formula is C16H26N4. The summed E-state index contributed by atoms with van der Waals surface area (Å²) in [7, 11) is 2.17. The SMILES string of the molecule is CCc1ccc(NC(N)=NCC2CCCN(C)C2)cc1. The first-order valence-corrected chi connectivity index (χ1v) is 7.51. The fourth-order valence-electron chi connectivity index (χ4n) is 2.66. The topological polar surface area (TPSA) is 53.6 Å². The van der Waals surface area contributed by atoms with Crippen LogP contribution in [0.4, 0.5) is 5.69 Å². The van der Waals surface area contributed by atoms with Gasteiger partial charge in [-0.3, -0.25) is 4.99 Å². The second kappa shape index (κ2) is 7.29. The van der Waals surface area contributed by atoms with Crippen LogP contribution in [0.25, 0.3) is 0 Å². The minimum absolute atomic E-state index is 0.516. The average molecular weight is 274 g/mol. The molecule has 0 spiro atoms. The third-order valence-electron chi connectivity index (χ3n) is 3.88. The maximum atomic E-state index is 5.95. The van der Waals surface area contributed by atoms with Crippen LogP contribution in [-0.4, -0.2) is 37.5 Å². The second-order valence-electron chi connectivity index (χ2n) is 5.67. The third-order valence-corrected chi connectivity index (χ3v) is 3.88. The van der Waals surface area contributed by atoms with E-state index in [4.69, 9.17) is 5.73 Å². The molecule has 1 heterocycles. The molecule has 1 atom stereocenters. The summed E-state index contributed by atoms with van der Waals surface area (Å²) in [5, 5.41) is 3.16. The smallest absolute Gasteiger partial charge is 0.193 e. The zero-order valence-corrected chi connectivity index (χ0v) is 12.6. The van der Waals surface area contributed by atoms with Crippen molar-refractivity contribution in [1.82, 2.24) is 4.90 Å². The van der Waals surface area contributed by atoms with Crippen LogP contribution in [0, 0.1) is 5.92 Å². The third kappa shape index (κ3) is 4.53. The van der Waals surface area contributed by atoms with Gasteiger partial charge in [-0.25, -0.2) is 0 Å². The monoisotopic (exact) mass is 274 g/mol. The summed E-state index contributed by atoms with van der Waals surface area (Å²) in [5.74, 6) is 1.15. The zero-order valence-electron chi connectivity index (χ0n) is 12.6. The van der Waals surface area contributed by atoms with E-state index in [-0.39, 0.29) is 0 Å². The Morgan fingerprint density at radius 2 is 2.15 bits per heavy atom. The summed E-state index contributed by atoms with van der Waals surface area (Å²) < 4.78 is 0. The number of hydrogen-bond donors (Lipinski definition) is 2. The van der Waals surface area contributed by atoms with E-state index < -0.39 is 0 Å². The van der Waals surface area contributed by atoms with Crippen LogP contribution in [-0.2, 0) is 6.42 Å². The Balaban J connectivity index is 1.83. The number of piperidine rings is 1. The minimum atomic E-state index is 0.516. The molecule has 2 rings (SSSR count). The molecule has 1 aliphatic rings. The highest BCUT2D eigenvalue weighted by Gasteiger charge is 2.16. The highest BCUT2D eigenvalue weighted by Crippen LogP contribution is 2.15. The van der Waals surface area contributed by atoms with Crippen LogP contribution < -0.4 is 11.1 Å². The number of aliphatic imine (C=N–C) groups is 1. The first-order chi connectivity index (χ1) is 9.67. The summed E-state index contributed by atoms with van der Waals surface area (Å²) >= 11 is 0. The lowest BCUT2D eigenvalue weighted by Gasteiger charge is -2.28. The summed E-state index contributed by atoms with van der Waals surface area (Å²) in [6, 6.07) is 8.34. The number of aryl methyl sites for hydroxylation is 1. The maximum absolute atomic E-state index is 5.95. The van der Waals surface area contributed by atoms with E-state index >= 15 is 0 Å². The molecule has 1 aromatic rings. The van der Waals surface area contributed by atoms with Gasteiger partial charge in [-0.2, -0.15) is 0 Å². The summed E-state index contributed by atoms with van der Waals surface area (Å²) in [6.45, 7) is 5.30. The number of hydrogen-bond acceptors (Lipinski definition) is 2. The molecule has 0 saturated carbocycles. The van der Waals surface area contributed by atoms with E-state index in [1.54, 1.807) is 0 Å². The second-order valence-corrected chi connectivity index (χ2v) is 5.67. The van der Waals surface area contributed by atoms with Crippen molar-refractivity contribution in [2.75, 3.05) is 32.0 Å². The van der Waals surface area contributed by atoms with E-state index in [0.717, 1.165) is 25.2 Å². The van der Waals surface area contributed by atoms with Crippen molar-refractivity contribution in [2.45, 2.75) is 26.2 Å². The Morgan fingerprint density at radius 3 is 2.80 bits per heavy atom. The predicted molar refractivity (Wildman–Crippen MR) is 86.2 cm³/mol. The minimum Gasteiger partial charge on any atom is -0.370 e. The van der Waals surface area contributed by atoms with Gasteiger partial charge in [0.2, 0.25) is 0 Å². The van der Waals surface area contributed by atoms with Crippen molar-refractivity contribution in [3.8, 4) is 0 Å². The molecule has 110 valence electrons. The van der Waals surface area contributed by atoms with Crippen molar-refractivity contribution < 1.29 is 0 Å². The van der Waals surface area contributed by atoms with Crippen LogP contribution in [0.3, 0.4) is 0 Å². The number of likely N-dealkylation sites (tertiary alicyclic amines) is 1. The van der Waals surface area contributed by atoms with Crippen LogP contribution in [0.1, 0.15) is 25.3 Å². The zero-order chi connectivity index (χ0) is 14.4. The normalized spacial score (nSPS) is 20.9. The molecule has 4 heteroatoms. The molecule has 0 radical (unpaired) electrons. The van der Waals surface area contributed by atoms with Gasteiger partial charge in [0.15, 0.2) is 5.96 Å². The Kier molecular flexibility index (Phi) is 5.41. The Labute approximate surface area is 122 Å². The van der Waals surface area contributed by atoms with E-state index in [0.29, 0.717) is 11.9 Å². The molecule has 0 amide bonds. The van der Waals surface area contributed by atoms with Gasteiger partial charge in [0.1, 0.15) is 0 Å². The highest BCUT2D eigenvalue weighted by atomic mass is 15.1. The molecule has 3 N–H and O–H groups in total. The van der Waals surface area contributed by atoms with Crippen molar-refractivity contribution in [1.29, 1.82) is 0 Å². The van der Waals surface area contributed by atoms with Crippen molar-refractivity contribution in [3.05, 3.63) is 29.8 Å². The lowest BCUT2D eigenvalue weighted by Crippen LogP contribution is -2.34. The molecule has 4 nitrogen and oxygen atoms in total. The van der Waals surface area contributed by atoms with Gasteiger partial charge in [0, 0.05) is 18.8 Å². The number of nitrogens with two attached hydrogens (primary N) is 1. The summed E-state index contributed by atoms with van der Waals surface area (Å²) in [6.07, 6.45) is 3.58. The van der Waals surface area contributed by atoms with Gasteiger partial charge in [-0.05, 0) is 56.5 Å². The molecule has 1 aliphatic heterocycles. The summed E-state index contributed by atoms with van der Waals surface area (Å²) in [4.78, 5) is 6.85. The van der Waals surface area contributed by atoms with Crippen LogP contribution in [0.2, 0.25) is 0 Å². The maximum Gasteiger partial charge on any atom is 0.193 e. The van der Waals surface area contributed by atoms with Gasteiger partial charge >= 0.3 is 0 Å². The molecule has 1 unspecified atom stereocenters. The fourth-order valence-corrected chi connectivity index (χ4v) is 2.66. The van der Waals surface area contributed by atoms with E-state index in [1.165, 1.54) is 24.9 Å². The van der Waals surface area contributed by atoms with Gasteiger partial charge in [-0.1, -0.05) is 19.1 Å². The molecule has 1 aromatic carbocycles. The number of benzene rings is 1. The van der Waals surface area contributed by atoms with Crippen molar-refractivity contribution in [3.63, 3.8) is 0 Å². The highest BCUT2D eigenvalue weighted by molar-refractivity contribution is 5.92. The predicted octanol–water partition coefficient (Wildman–Crippen LogP) is 2.32. The Morgan fingerprint density at radius 1 is 1.40 bits per heavy atom. The van der Waals surface area contributed by atoms with Crippen molar-refractivity contribution >= 4 is 11.6 Å². The molecule has 1 fully saturated rings. The number of anilines is 1. The lowest BCUT2D eigenvalue weighted by molar-refractivity contribution is 0.214. The first kappa shape index (κ1) is 14.9. The van der Waals surface area contributed by atoms with Crippen LogP contribution in [0.15, 0.2) is 29.3 Å². The summed E-state index contributed by atoms with van der Waals surface area (Å²) in [5.41, 5.74) is 8.29. The quantitative estimate of drug-likeness (QED) is 0.654. The molecule has 0 aromatic heterocycles. The average Bonchev–Trinajstić information content (AvgIpc) is 2.46. The van der Waals surface area contributed by atoms with Crippen LogP contribution >= 0.6 is 0 Å². The van der Waals surface area contributed by atoms with E-state index in [2.05, 4.69) is 53.4 Å². The molecule has 0 bridgehead atoms. The number of rotatable bonds is 4. The molecule has 1 saturated heterocycles. The fraction of sp³-hybridized carbons (Fsp3) is 0.562. The van der Waals surface area contributed by atoms with Gasteiger partial charge in [-0.15, -0.1) is 0 Å². The molecular weight excluding hydrogens is 248 g/mol. The van der Waals surface area contributed by atoms with Gasteiger partial charge in [0.25, 0.3) is 0 Å². The standard InChI is InChI=1S/C16H26N4/c1-3-13-6-8-15(9-7-13)19-16(17)18-11-14-5-4-10-20(2)12-14/h6-9,14H,3-5,10-12H2,1-2H3,(H3,17,18,19). The number of guanidine groups is 1. The van der Waals surface area contributed by atoms with Gasteiger partial charge in [0.05, 0.1) is 0 Å². The molecule has 20 heavy (non-hydrogen) atoms. The number of nitrogens with one attached hydrogen (secondary N) is 1. The largest absolute Gasteiger partial charge is 0.370 e. The van der Waals surface area contributed by atoms with E-state index in [1.807, 2.05) is 0 Å². The molecule has 0 aliphatic carbocycles. The van der Waals surface area contributed by atoms with Crippen molar-refractivity contribution in [2.24, 2.45) is 16.6 Å². The Bertz CT molecular complexity index is 438. The number of nitrogens with zero attached hydrogens (tertiary/aromatic N) is 2. The first-order valence-electron chi connectivity index (χ1n) is 7.51.